The highest BCUT2D eigenvalue weighted by molar-refractivity contribution is 6.30. The number of anilines is 2. The Morgan fingerprint density at radius 3 is 2.33 bits per heavy atom. The molecule has 198 valence electrons. The molecular formula is C32H31ClN4O2. The van der Waals surface area contributed by atoms with Gasteiger partial charge >= 0.3 is 0 Å². The normalized spacial score (nSPS) is 13.6. The van der Waals surface area contributed by atoms with Gasteiger partial charge in [0.25, 0.3) is 11.8 Å². The van der Waals surface area contributed by atoms with Gasteiger partial charge in [-0.15, -0.1) is 0 Å². The van der Waals surface area contributed by atoms with Gasteiger partial charge in [0.1, 0.15) is 0 Å². The average molecular weight is 539 g/mol. The van der Waals surface area contributed by atoms with Crippen LogP contribution in [0.25, 0.3) is 0 Å². The molecule has 3 aromatic carbocycles. The van der Waals surface area contributed by atoms with E-state index in [0.29, 0.717) is 34.3 Å². The summed E-state index contributed by atoms with van der Waals surface area (Å²) in [6.07, 6.45) is 6.63. The van der Waals surface area contributed by atoms with Crippen LogP contribution in [0.1, 0.15) is 44.7 Å². The second-order valence-corrected chi connectivity index (χ2v) is 10.3. The lowest BCUT2D eigenvalue weighted by Gasteiger charge is -2.35. The molecule has 0 bridgehead atoms. The number of halogens is 1. The Balaban J connectivity index is 1.32. The van der Waals surface area contributed by atoms with Crippen molar-refractivity contribution in [2.75, 3.05) is 23.3 Å². The largest absolute Gasteiger partial charge is 0.371 e. The maximum atomic E-state index is 13.4. The molecule has 1 saturated heterocycles. The number of piperidine rings is 1. The highest BCUT2D eigenvalue weighted by atomic mass is 35.5. The third kappa shape index (κ3) is 7.03. The number of rotatable bonds is 8. The fourth-order valence-electron chi connectivity index (χ4n) is 4.98. The van der Waals surface area contributed by atoms with Crippen molar-refractivity contribution in [3.05, 3.63) is 125 Å². The zero-order valence-electron chi connectivity index (χ0n) is 21.6. The monoisotopic (exact) mass is 538 g/mol. The van der Waals surface area contributed by atoms with Crippen LogP contribution in [0, 0.1) is 5.92 Å². The molecule has 2 N–H and O–H groups in total. The highest BCUT2D eigenvalue weighted by Gasteiger charge is 2.24. The standard InChI is InChI=1S/C32H31ClN4O2/c33-27-10-8-26(9-11-27)31(38)36-28-12-13-30(29(20-28)32(39)35-22-25-7-4-16-34-21-25)37-17-14-24(15-18-37)19-23-5-2-1-3-6-23/h1-13,16,20-21,24H,14-15,17-19,22H2,(H,35,39)(H,36,38). The van der Waals surface area contributed by atoms with Crippen LogP contribution >= 0.6 is 11.6 Å². The van der Waals surface area contributed by atoms with E-state index in [1.807, 2.05) is 24.3 Å². The smallest absolute Gasteiger partial charge is 0.255 e. The van der Waals surface area contributed by atoms with Crippen molar-refractivity contribution in [1.29, 1.82) is 0 Å². The minimum Gasteiger partial charge on any atom is -0.371 e. The minimum atomic E-state index is -0.261. The molecule has 0 radical (unpaired) electrons. The molecule has 4 aromatic rings. The highest BCUT2D eigenvalue weighted by Crippen LogP contribution is 2.30. The predicted octanol–water partition coefficient (Wildman–Crippen LogP) is 6.38. The number of carbonyl (C=O) groups excluding carboxylic acids is 2. The van der Waals surface area contributed by atoms with Crippen LogP contribution in [0.15, 0.2) is 97.3 Å². The number of nitrogens with zero attached hydrogens (tertiary/aromatic N) is 2. The molecule has 1 aliphatic rings. The van der Waals surface area contributed by atoms with Crippen LogP contribution in [-0.2, 0) is 13.0 Å². The van der Waals surface area contributed by atoms with Crippen LogP contribution in [-0.4, -0.2) is 29.9 Å². The summed E-state index contributed by atoms with van der Waals surface area (Å²) in [7, 11) is 0. The van der Waals surface area contributed by atoms with Crippen molar-refractivity contribution in [3.8, 4) is 0 Å². The van der Waals surface area contributed by atoms with Crippen molar-refractivity contribution in [3.63, 3.8) is 0 Å². The quantitative estimate of drug-likeness (QED) is 0.273. The van der Waals surface area contributed by atoms with Crippen LogP contribution in [0.2, 0.25) is 5.02 Å². The first-order valence-electron chi connectivity index (χ1n) is 13.2. The maximum absolute atomic E-state index is 13.4. The van der Waals surface area contributed by atoms with Gasteiger partial charge in [-0.05, 0) is 84.8 Å². The Kier molecular flexibility index (Phi) is 8.54. The van der Waals surface area contributed by atoms with Gasteiger partial charge in [-0.25, -0.2) is 0 Å². The maximum Gasteiger partial charge on any atom is 0.255 e. The first-order chi connectivity index (χ1) is 19.0. The summed E-state index contributed by atoms with van der Waals surface area (Å²) < 4.78 is 0. The van der Waals surface area contributed by atoms with E-state index in [1.54, 1.807) is 42.7 Å². The zero-order valence-corrected chi connectivity index (χ0v) is 22.4. The molecule has 1 fully saturated rings. The third-order valence-electron chi connectivity index (χ3n) is 7.10. The number of amides is 2. The van der Waals surface area contributed by atoms with E-state index in [9.17, 15) is 9.59 Å². The molecule has 39 heavy (non-hydrogen) atoms. The van der Waals surface area contributed by atoms with Gasteiger partial charge in [0.05, 0.1) is 5.56 Å². The Morgan fingerprint density at radius 2 is 1.62 bits per heavy atom. The molecule has 2 heterocycles. The van der Waals surface area contributed by atoms with Crippen molar-refractivity contribution in [2.45, 2.75) is 25.8 Å². The summed E-state index contributed by atoms with van der Waals surface area (Å²) in [6.45, 7) is 2.11. The van der Waals surface area contributed by atoms with Gasteiger partial charge < -0.3 is 15.5 Å². The van der Waals surface area contributed by atoms with Crippen LogP contribution in [0.4, 0.5) is 11.4 Å². The van der Waals surface area contributed by atoms with Crippen LogP contribution in [0.3, 0.4) is 0 Å². The second kappa shape index (κ2) is 12.6. The third-order valence-corrected chi connectivity index (χ3v) is 7.36. The van der Waals surface area contributed by atoms with E-state index >= 15 is 0 Å². The molecule has 0 unspecified atom stereocenters. The SMILES string of the molecule is O=C(Nc1ccc(N2CCC(Cc3ccccc3)CC2)c(C(=O)NCc2cccnc2)c1)c1ccc(Cl)cc1. The molecule has 6 nitrogen and oxygen atoms in total. The lowest BCUT2D eigenvalue weighted by atomic mass is 9.89. The number of nitrogens with one attached hydrogen (secondary N) is 2. The fourth-order valence-corrected chi connectivity index (χ4v) is 5.11. The first kappa shape index (κ1) is 26.4. The minimum absolute atomic E-state index is 0.192. The van der Waals surface area contributed by atoms with E-state index in [4.69, 9.17) is 11.6 Å². The Labute approximate surface area is 234 Å². The van der Waals surface area contributed by atoms with Gasteiger partial charge in [0.15, 0.2) is 0 Å². The summed E-state index contributed by atoms with van der Waals surface area (Å²) in [6, 6.07) is 26.6. The molecule has 0 aliphatic carbocycles. The van der Waals surface area contributed by atoms with E-state index in [2.05, 4.69) is 50.8 Å². The van der Waals surface area contributed by atoms with Crippen molar-refractivity contribution >= 4 is 34.8 Å². The Hall–Kier alpha value is -4.16. The molecular weight excluding hydrogens is 508 g/mol. The van der Waals surface area contributed by atoms with E-state index < -0.39 is 0 Å². The zero-order chi connectivity index (χ0) is 27.0. The van der Waals surface area contributed by atoms with Gasteiger partial charge in [-0.2, -0.15) is 0 Å². The van der Waals surface area contributed by atoms with Gasteiger partial charge in [0.2, 0.25) is 0 Å². The van der Waals surface area contributed by atoms with E-state index in [1.165, 1.54) is 5.56 Å². The molecule has 0 saturated carbocycles. The Morgan fingerprint density at radius 1 is 0.872 bits per heavy atom. The Bertz CT molecular complexity index is 1400. The molecule has 2 amide bonds. The molecule has 0 atom stereocenters. The van der Waals surface area contributed by atoms with Crippen LogP contribution in [0.5, 0.6) is 0 Å². The van der Waals surface area contributed by atoms with Crippen molar-refractivity contribution < 1.29 is 9.59 Å². The number of carbonyl (C=O) groups is 2. The van der Waals surface area contributed by atoms with Crippen molar-refractivity contribution in [2.24, 2.45) is 5.92 Å². The summed E-state index contributed by atoms with van der Waals surface area (Å²) >= 11 is 5.96. The lowest BCUT2D eigenvalue weighted by Crippen LogP contribution is -2.36. The summed E-state index contributed by atoms with van der Waals surface area (Å²) in [5.41, 5.74) is 4.75. The molecule has 7 heteroatoms. The summed E-state index contributed by atoms with van der Waals surface area (Å²) in [5.74, 6) is 0.162. The number of aromatic nitrogens is 1. The van der Waals surface area contributed by atoms with Crippen LogP contribution < -0.4 is 15.5 Å². The fraction of sp³-hybridized carbons (Fsp3) is 0.219. The van der Waals surface area contributed by atoms with Gasteiger partial charge in [0, 0.05) is 54.0 Å². The molecule has 1 aliphatic heterocycles. The van der Waals surface area contributed by atoms with Gasteiger partial charge in [-0.3, -0.25) is 14.6 Å². The second-order valence-electron chi connectivity index (χ2n) is 9.86. The molecule has 5 rings (SSSR count). The molecule has 0 spiro atoms. The number of hydrogen-bond acceptors (Lipinski definition) is 4. The topological polar surface area (TPSA) is 74.3 Å². The first-order valence-corrected chi connectivity index (χ1v) is 13.6. The van der Waals surface area contributed by atoms with Gasteiger partial charge in [-0.1, -0.05) is 48.0 Å². The average Bonchev–Trinajstić information content (AvgIpc) is 2.98. The van der Waals surface area contributed by atoms with E-state index in [0.717, 1.165) is 43.6 Å². The van der Waals surface area contributed by atoms with E-state index in [-0.39, 0.29) is 11.8 Å². The summed E-state index contributed by atoms with van der Waals surface area (Å²) in [4.78, 5) is 32.7. The molecule has 1 aromatic heterocycles. The summed E-state index contributed by atoms with van der Waals surface area (Å²) in [5, 5.41) is 6.51. The lowest BCUT2D eigenvalue weighted by molar-refractivity contribution is 0.0950. The number of hydrogen-bond donors (Lipinski definition) is 2. The predicted molar refractivity (Wildman–Crippen MR) is 156 cm³/mol. The van der Waals surface area contributed by atoms with Crippen molar-refractivity contribution in [1.82, 2.24) is 10.3 Å². The number of benzene rings is 3. The number of pyridine rings is 1.